The normalized spacial score (nSPS) is 11.5. The summed E-state index contributed by atoms with van der Waals surface area (Å²) >= 11 is 7.46. The lowest BCUT2D eigenvalue weighted by Gasteiger charge is -2.06. The molecule has 0 aliphatic heterocycles. The van der Waals surface area contributed by atoms with E-state index in [0.717, 1.165) is 17.7 Å². The minimum atomic E-state index is -4.44. The molecule has 0 saturated carbocycles. The lowest BCUT2D eigenvalue weighted by Crippen LogP contribution is -2.23. The van der Waals surface area contributed by atoms with Gasteiger partial charge >= 0.3 is 6.18 Å². The van der Waals surface area contributed by atoms with Gasteiger partial charge < -0.3 is 9.84 Å². The van der Waals surface area contributed by atoms with E-state index < -0.39 is 11.7 Å². The zero-order valence-electron chi connectivity index (χ0n) is 15.6. The van der Waals surface area contributed by atoms with Gasteiger partial charge in [0.05, 0.1) is 11.3 Å². The van der Waals surface area contributed by atoms with Crippen molar-refractivity contribution in [2.45, 2.75) is 24.9 Å². The Kier molecular flexibility index (Phi) is 7.38. The molecule has 30 heavy (non-hydrogen) atoms. The van der Waals surface area contributed by atoms with Crippen molar-refractivity contribution in [2.24, 2.45) is 0 Å². The second-order valence-electron chi connectivity index (χ2n) is 6.26. The van der Waals surface area contributed by atoms with Gasteiger partial charge in [-0.2, -0.15) is 29.9 Å². The summed E-state index contributed by atoms with van der Waals surface area (Å²) < 4.78 is 43.6. The molecule has 0 radical (unpaired) electrons. The highest BCUT2D eigenvalue weighted by atomic mass is 35.5. The lowest BCUT2D eigenvalue weighted by atomic mass is 10.1. The van der Waals surface area contributed by atoms with Crippen LogP contribution in [0.15, 0.2) is 53.1 Å². The molecule has 0 fully saturated rings. The van der Waals surface area contributed by atoms with Crippen LogP contribution >= 0.6 is 23.4 Å². The van der Waals surface area contributed by atoms with Crippen molar-refractivity contribution in [2.75, 3.05) is 5.75 Å². The monoisotopic (exact) mass is 455 g/mol. The van der Waals surface area contributed by atoms with E-state index in [-0.39, 0.29) is 23.2 Å². The molecule has 0 unspecified atom stereocenters. The molecule has 5 nitrogen and oxygen atoms in total. The first-order valence-electron chi connectivity index (χ1n) is 8.91. The molecule has 0 aliphatic rings. The number of nitrogens with one attached hydrogen (secondary N) is 1. The molecular weight excluding hydrogens is 439 g/mol. The number of thioether (sulfide) groups is 1. The van der Waals surface area contributed by atoms with E-state index in [0.29, 0.717) is 29.5 Å². The Morgan fingerprint density at radius 1 is 1.17 bits per heavy atom. The second kappa shape index (κ2) is 9.99. The van der Waals surface area contributed by atoms with Crippen LogP contribution in [-0.4, -0.2) is 21.8 Å². The molecule has 0 atom stereocenters. The third-order valence-corrected chi connectivity index (χ3v) is 5.36. The molecule has 1 N–H and O–H groups in total. The Hall–Kier alpha value is -2.52. The zero-order valence-corrected chi connectivity index (χ0v) is 17.2. The number of carbonyl (C=O) groups excluding carboxylic acids is 1. The number of hydrogen-bond acceptors (Lipinski definition) is 5. The molecule has 2 aromatic carbocycles. The second-order valence-corrected chi connectivity index (χ2v) is 7.77. The van der Waals surface area contributed by atoms with Crippen molar-refractivity contribution in [3.63, 3.8) is 0 Å². The van der Waals surface area contributed by atoms with Gasteiger partial charge in [0.1, 0.15) is 0 Å². The van der Waals surface area contributed by atoms with Crippen LogP contribution < -0.4 is 5.32 Å². The van der Waals surface area contributed by atoms with Crippen LogP contribution in [0.4, 0.5) is 13.2 Å². The van der Waals surface area contributed by atoms with E-state index in [2.05, 4.69) is 15.5 Å². The maximum atomic E-state index is 12.8. The molecule has 10 heteroatoms. The number of halogens is 4. The summed E-state index contributed by atoms with van der Waals surface area (Å²) in [7, 11) is 0. The summed E-state index contributed by atoms with van der Waals surface area (Å²) in [5.41, 5.74) is 0.292. The minimum Gasteiger partial charge on any atom is -0.352 e. The van der Waals surface area contributed by atoms with E-state index in [1.807, 2.05) is 18.2 Å². The SMILES string of the molecule is O=C(CCSCc1nc(-c2cccc(C(F)(F)F)c2)no1)NCc1ccccc1Cl. The van der Waals surface area contributed by atoms with Crippen LogP contribution in [0.25, 0.3) is 11.4 Å². The van der Waals surface area contributed by atoms with Crippen molar-refractivity contribution in [3.05, 3.63) is 70.6 Å². The predicted molar refractivity (Wildman–Crippen MR) is 109 cm³/mol. The van der Waals surface area contributed by atoms with Gasteiger partial charge in [-0.25, -0.2) is 0 Å². The highest BCUT2D eigenvalue weighted by Crippen LogP contribution is 2.31. The predicted octanol–water partition coefficient (Wildman–Crippen LogP) is 5.35. The maximum absolute atomic E-state index is 12.8. The molecule has 0 spiro atoms. The number of carbonyl (C=O) groups is 1. The molecule has 158 valence electrons. The molecule has 0 saturated heterocycles. The van der Waals surface area contributed by atoms with Crippen molar-refractivity contribution in [1.29, 1.82) is 0 Å². The largest absolute Gasteiger partial charge is 0.416 e. The van der Waals surface area contributed by atoms with Crippen LogP contribution in [0.5, 0.6) is 0 Å². The Balaban J connectivity index is 1.44. The van der Waals surface area contributed by atoms with Crippen molar-refractivity contribution in [3.8, 4) is 11.4 Å². The first-order valence-corrected chi connectivity index (χ1v) is 10.4. The van der Waals surface area contributed by atoms with Crippen molar-refractivity contribution < 1.29 is 22.5 Å². The fourth-order valence-electron chi connectivity index (χ4n) is 2.51. The summed E-state index contributed by atoms with van der Waals surface area (Å²) in [6.45, 7) is 0.354. The molecule has 3 aromatic rings. The number of nitrogens with zero attached hydrogens (tertiary/aromatic N) is 2. The van der Waals surface area contributed by atoms with Crippen LogP contribution in [0.1, 0.15) is 23.4 Å². The summed E-state index contributed by atoms with van der Waals surface area (Å²) in [5, 5.41) is 7.13. The van der Waals surface area contributed by atoms with Crippen molar-refractivity contribution in [1.82, 2.24) is 15.5 Å². The van der Waals surface area contributed by atoms with Gasteiger partial charge in [-0.05, 0) is 23.8 Å². The highest BCUT2D eigenvalue weighted by Gasteiger charge is 2.30. The molecule has 1 aromatic heterocycles. The van der Waals surface area contributed by atoms with Gasteiger partial charge in [-0.15, -0.1) is 0 Å². The number of alkyl halides is 3. The lowest BCUT2D eigenvalue weighted by molar-refractivity contribution is -0.137. The maximum Gasteiger partial charge on any atom is 0.416 e. The van der Waals surface area contributed by atoms with Crippen LogP contribution in [0.2, 0.25) is 5.02 Å². The fourth-order valence-corrected chi connectivity index (χ4v) is 3.48. The third kappa shape index (κ3) is 6.24. The van der Waals surface area contributed by atoms with Gasteiger partial charge in [0.25, 0.3) is 0 Å². The fraction of sp³-hybridized carbons (Fsp3) is 0.250. The zero-order chi connectivity index (χ0) is 21.6. The minimum absolute atomic E-state index is 0.0918. The summed E-state index contributed by atoms with van der Waals surface area (Å²) in [5.74, 6) is 1.13. The van der Waals surface area contributed by atoms with Crippen LogP contribution in [0.3, 0.4) is 0 Å². The smallest absolute Gasteiger partial charge is 0.352 e. The van der Waals surface area contributed by atoms with Gasteiger partial charge in [0.15, 0.2) is 0 Å². The Morgan fingerprint density at radius 2 is 1.97 bits per heavy atom. The molecule has 0 aliphatic carbocycles. The van der Waals surface area contributed by atoms with Gasteiger partial charge in [-0.1, -0.05) is 47.1 Å². The molecule has 1 amide bonds. The number of hydrogen-bond donors (Lipinski definition) is 1. The van der Waals surface area contributed by atoms with E-state index in [1.54, 1.807) is 6.07 Å². The highest BCUT2D eigenvalue weighted by molar-refractivity contribution is 7.98. The summed E-state index contributed by atoms with van der Waals surface area (Å²) in [6.07, 6.45) is -4.14. The molecule has 0 bridgehead atoms. The number of aromatic nitrogens is 2. The average Bonchev–Trinajstić information content (AvgIpc) is 3.19. The first kappa shape index (κ1) is 22.2. The van der Waals surface area contributed by atoms with Crippen molar-refractivity contribution >= 4 is 29.3 Å². The molecule has 3 rings (SSSR count). The number of amides is 1. The van der Waals surface area contributed by atoms with Gasteiger partial charge in [0, 0.05) is 29.3 Å². The van der Waals surface area contributed by atoms with Gasteiger partial charge in [-0.3, -0.25) is 4.79 Å². The van der Waals surface area contributed by atoms with Crippen LogP contribution in [0, 0.1) is 0 Å². The Morgan fingerprint density at radius 3 is 2.73 bits per heavy atom. The van der Waals surface area contributed by atoms with E-state index in [4.69, 9.17) is 16.1 Å². The Labute approximate surface area is 180 Å². The summed E-state index contributed by atoms with van der Waals surface area (Å²) in [6, 6.07) is 12.0. The summed E-state index contributed by atoms with van der Waals surface area (Å²) in [4.78, 5) is 16.1. The van der Waals surface area contributed by atoms with E-state index in [1.165, 1.54) is 23.9 Å². The molecule has 1 heterocycles. The standard InChI is InChI=1S/C20H17ClF3N3O2S/c21-16-7-2-1-4-14(16)11-25-17(28)8-9-30-12-18-26-19(27-29-18)13-5-3-6-15(10-13)20(22,23)24/h1-7,10H,8-9,11-12H2,(H,25,28). The van der Waals surface area contributed by atoms with Crippen LogP contribution in [-0.2, 0) is 23.3 Å². The number of rotatable bonds is 8. The topological polar surface area (TPSA) is 68.0 Å². The van der Waals surface area contributed by atoms with Gasteiger partial charge in [0.2, 0.25) is 17.6 Å². The van der Waals surface area contributed by atoms with E-state index in [9.17, 15) is 18.0 Å². The third-order valence-electron chi connectivity index (χ3n) is 4.05. The quantitative estimate of drug-likeness (QED) is 0.464. The average molecular weight is 456 g/mol. The molecular formula is C20H17ClF3N3O2S. The van der Waals surface area contributed by atoms with E-state index >= 15 is 0 Å². The first-order chi connectivity index (χ1) is 14.3. The Bertz CT molecular complexity index is 1010. The number of benzene rings is 2.